The van der Waals surface area contributed by atoms with Gasteiger partial charge >= 0.3 is 6.18 Å². The minimum atomic E-state index is -4.83. The fourth-order valence-corrected chi connectivity index (χ4v) is 2.73. The minimum absolute atomic E-state index is 0.000423. The van der Waals surface area contributed by atoms with Crippen LogP contribution in [-0.4, -0.2) is 44.9 Å². The smallest absolute Gasteiger partial charge is 0.396 e. The van der Waals surface area contributed by atoms with Crippen molar-refractivity contribution in [1.29, 1.82) is 0 Å². The molecular formula is C14H21F4N3O3S. The second-order valence-corrected chi connectivity index (χ2v) is 7.95. The van der Waals surface area contributed by atoms with E-state index in [1.807, 2.05) is 4.72 Å². The molecule has 0 saturated carbocycles. The Morgan fingerprint density at radius 2 is 1.92 bits per heavy atom. The van der Waals surface area contributed by atoms with E-state index in [9.17, 15) is 26.0 Å². The number of hydrogen-bond acceptors (Lipinski definition) is 5. The van der Waals surface area contributed by atoms with Crippen LogP contribution in [0.3, 0.4) is 0 Å². The number of nitrogens with one attached hydrogen (secondary N) is 2. The van der Waals surface area contributed by atoms with Crippen molar-refractivity contribution >= 4 is 15.8 Å². The van der Waals surface area contributed by atoms with E-state index in [-0.39, 0.29) is 26.1 Å². The Labute approximate surface area is 143 Å². The summed E-state index contributed by atoms with van der Waals surface area (Å²) in [5.74, 6) is -0.531. The summed E-state index contributed by atoms with van der Waals surface area (Å²) < 4.78 is 77.7. The van der Waals surface area contributed by atoms with E-state index in [1.165, 1.54) is 0 Å². The number of rotatable bonds is 9. The molecule has 1 heterocycles. The molecule has 11 heteroatoms. The van der Waals surface area contributed by atoms with E-state index < -0.39 is 44.6 Å². The Hall–Kier alpha value is -1.46. The highest BCUT2D eigenvalue weighted by atomic mass is 32.2. The van der Waals surface area contributed by atoms with Gasteiger partial charge in [-0.3, -0.25) is 4.39 Å². The van der Waals surface area contributed by atoms with Gasteiger partial charge in [0.25, 0.3) is 0 Å². The third kappa shape index (κ3) is 6.40. The van der Waals surface area contributed by atoms with E-state index in [2.05, 4.69) is 10.3 Å². The Balaban J connectivity index is 3.14. The number of halogens is 4. The number of aliphatic hydroxyl groups excluding tert-OH is 1. The molecule has 0 aromatic carbocycles. The lowest BCUT2D eigenvalue weighted by Crippen LogP contribution is -2.29. The van der Waals surface area contributed by atoms with E-state index >= 15 is 0 Å². The number of nitrogens with zero attached hydrogens (tertiary/aromatic N) is 1. The quantitative estimate of drug-likeness (QED) is 0.446. The van der Waals surface area contributed by atoms with E-state index in [0.717, 1.165) is 6.20 Å². The zero-order chi connectivity index (χ0) is 19.3. The van der Waals surface area contributed by atoms with Gasteiger partial charge in [0.15, 0.2) is 0 Å². The number of alkyl halides is 4. The molecular weight excluding hydrogens is 366 g/mol. The molecule has 25 heavy (non-hydrogen) atoms. The lowest BCUT2D eigenvalue weighted by Gasteiger charge is -2.23. The maximum absolute atomic E-state index is 13.2. The standard InChI is InChI=1S/C14H21F4N3O3S/c1-13(2,9-22)8-20-12-11(14(16,17)18)6-10(7-19-12)25(23,24)21-5-3-4-15/h6-7,21-22H,3-5,8-9H2,1-2H3,(H,19,20). The Morgan fingerprint density at radius 3 is 2.44 bits per heavy atom. The normalized spacial score (nSPS) is 13.1. The van der Waals surface area contributed by atoms with Crippen LogP contribution in [0.4, 0.5) is 23.4 Å². The van der Waals surface area contributed by atoms with Crippen LogP contribution in [0, 0.1) is 5.41 Å². The number of aliphatic hydroxyl groups is 1. The van der Waals surface area contributed by atoms with Crippen LogP contribution in [0.15, 0.2) is 17.2 Å². The maximum Gasteiger partial charge on any atom is 0.419 e. The second kappa shape index (κ2) is 8.28. The molecule has 0 radical (unpaired) electrons. The largest absolute Gasteiger partial charge is 0.419 e. The van der Waals surface area contributed by atoms with E-state index in [1.54, 1.807) is 13.8 Å². The maximum atomic E-state index is 13.2. The summed E-state index contributed by atoms with van der Waals surface area (Å²) in [5.41, 5.74) is -1.93. The highest BCUT2D eigenvalue weighted by molar-refractivity contribution is 7.89. The molecule has 0 unspecified atom stereocenters. The molecule has 0 aliphatic rings. The van der Waals surface area contributed by atoms with Gasteiger partial charge in [-0.15, -0.1) is 0 Å². The highest BCUT2D eigenvalue weighted by Crippen LogP contribution is 2.35. The number of anilines is 1. The first-order valence-electron chi connectivity index (χ1n) is 7.40. The number of pyridine rings is 1. The first kappa shape index (κ1) is 21.6. The lowest BCUT2D eigenvalue weighted by molar-refractivity contribution is -0.137. The summed E-state index contributed by atoms with van der Waals surface area (Å²) in [6, 6.07) is 0.471. The Bertz CT molecular complexity index is 678. The zero-order valence-corrected chi connectivity index (χ0v) is 14.6. The van der Waals surface area contributed by atoms with Gasteiger partial charge in [0.05, 0.1) is 12.2 Å². The SMILES string of the molecule is CC(C)(CO)CNc1ncc(S(=O)(=O)NCCCF)cc1C(F)(F)F. The van der Waals surface area contributed by atoms with Crippen molar-refractivity contribution in [3.63, 3.8) is 0 Å². The predicted molar refractivity (Wildman–Crippen MR) is 84.4 cm³/mol. The first-order valence-corrected chi connectivity index (χ1v) is 8.89. The summed E-state index contributed by atoms with van der Waals surface area (Å²) in [6.45, 7) is 2.04. The first-order chi connectivity index (χ1) is 11.4. The molecule has 0 aliphatic heterocycles. The molecule has 0 bridgehead atoms. The highest BCUT2D eigenvalue weighted by Gasteiger charge is 2.36. The molecule has 1 aromatic rings. The minimum Gasteiger partial charge on any atom is -0.396 e. The van der Waals surface area contributed by atoms with Gasteiger partial charge in [-0.05, 0) is 12.5 Å². The van der Waals surface area contributed by atoms with Gasteiger partial charge in [-0.25, -0.2) is 18.1 Å². The molecule has 0 aliphatic carbocycles. The predicted octanol–water partition coefficient (Wildman–Crippen LogP) is 2.17. The van der Waals surface area contributed by atoms with E-state index in [4.69, 9.17) is 5.11 Å². The fourth-order valence-electron chi connectivity index (χ4n) is 1.69. The third-order valence-electron chi connectivity index (χ3n) is 3.24. The molecule has 0 saturated heterocycles. The molecule has 1 aromatic heterocycles. The van der Waals surface area contributed by atoms with Crippen LogP contribution in [0.2, 0.25) is 0 Å². The van der Waals surface area contributed by atoms with Crippen molar-refractivity contribution in [3.8, 4) is 0 Å². The summed E-state index contributed by atoms with van der Waals surface area (Å²) in [5, 5.41) is 11.6. The number of aromatic nitrogens is 1. The molecule has 0 spiro atoms. The van der Waals surface area contributed by atoms with Crippen molar-refractivity contribution in [1.82, 2.24) is 9.71 Å². The van der Waals surface area contributed by atoms with Gasteiger partial charge in [0.2, 0.25) is 10.0 Å². The lowest BCUT2D eigenvalue weighted by atomic mass is 9.95. The Kier molecular flexibility index (Phi) is 7.15. The summed E-state index contributed by atoms with van der Waals surface area (Å²) in [7, 11) is -4.23. The molecule has 0 atom stereocenters. The van der Waals surface area contributed by atoms with Gasteiger partial charge in [0, 0.05) is 31.3 Å². The Morgan fingerprint density at radius 1 is 1.28 bits per heavy atom. The van der Waals surface area contributed by atoms with Crippen molar-refractivity contribution in [2.75, 3.05) is 31.7 Å². The molecule has 6 nitrogen and oxygen atoms in total. The molecule has 0 fully saturated rings. The number of sulfonamides is 1. The summed E-state index contributed by atoms with van der Waals surface area (Å²) in [4.78, 5) is 2.91. The molecule has 144 valence electrons. The summed E-state index contributed by atoms with van der Waals surface area (Å²) >= 11 is 0. The van der Waals surface area contributed by atoms with Crippen molar-refractivity contribution < 1.29 is 31.1 Å². The van der Waals surface area contributed by atoms with Crippen LogP contribution < -0.4 is 10.0 Å². The molecule has 1 rings (SSSR count). The van der Waals surface area contributed by atoms with Gasteiger partial charge < -0.3 is 10.4 Å². The molecule has 3 N–H and O–H groups in total. The average molecular weight is 387 g/mol. The fraction of sp³-hybridized carbons (Fsp3) is 0.643. The van der Waals surface area contributed by atoms with Crippen LogP contribution in [0.5, 0.6) is 0 Å². The topological polar surface area (TPSA) is 91.3 Å². The van der Waals surface area contributed by atoms with Crippen LogP contribution in [0.1, 0.15) is 25.8 Å². The molecule has 0 amide bonds. The van der Waals surface area contributed by atoms with E-state index in [0.29, 0.717) is 6.07 Å². The van der Waals surface area contributed by atoms with Gasteiger partial charge in [-0.1, -0.05) is 13.8 Å². The average Bonchev–Trinajstić information content (AvgIpc) is 2.52. The van der Waals surface area contributed by atoms with Crippen molar-refractivity contribution in [2.45, 2.75) is 31.3 Å². The number of hydrogen-bond donors (Lipinski definition) is 3. The van der Waals surface area contributed by atoms with Gasteiger partial charge in [0.1, 0.15) is 10.7 Å². The van der Waals surface area contributed by atoms with Crippen LogP contribution in [-0.2, 0) is 16.2 Å². The van der Waals surface area contributed by atoms with Crippen molar-refractivity contribution in [2.24, 2.45) is 5.41 Å². The van der Waals surface area contributed by atoms with Crippen LogP contribution >= 0.6 is 0 Å². The monoisotopic (exact) mass is 387 g/mol. The van der Waals surface area contributed by atoms with Crippen molar-refractivity contribution in [3.05, 3.63) is 17.8 Å². The van der Waals surface area contributed by atoms with Gasteiger partial charge in [-0.2, -0.15) is 13.2 Å². The van der Waals surface area contributed by atoms with Crippen LogP contribution in [0.25, 0.3) is 0 Å². The second-order valence-electron chi connectivity index (χ2n) is 6.18. The zero-order valence-electron chi connectivity index (χ0n) is 13.8. The summed E-state index contributed by atoms with van der Waals surface area (Å²) in [6.07, 6.45) is -4.13. The third-order valence-corrected chi connectivity index (χ3v) is 4.67.